The number of pyridine rings is 1. The average molecular weight is 327 g/mol. The molecule has 1 aromatic rings. The maximum absolute atomic E-state index is 11.4. The van der Waals surface area contributed by atoms with E-state index in [9.17, 15) is 14.4 Å². The number of carbonyl (C=O) groups is 3. The number of nitrogens with zero attached hydrogens (tertiary/aromatic N) is 1. The van der Waals surface area contributed by atoms with Crippen molar-refractivity contribution in [3.63, 3.8) is 0 Å². The van der Waals surface area contributed by atoms with Gasteiger partial charge < -0.3 is 10.4 Å². The number of carboxylic acids is 1. The zero-order chi connectivity index (χ0) is 14.6. The molecule has 1 aromatic heterocycles. The van der Waals surface area contributed by atoms with E-state index in [0.29, 0.717) is 0 Å². The minimum Gasteiger partial charge on any atom is -0.478 e. The number of hydrogen-bond acceptors (Lipinski definition) is 4. The third kappa shape index (κ3) is 4.55. The van der Waals surface area contributed by atoms with Crippen LogP contribution in [0.2, 0.25) is 0 Å². The van der Waals surface area contributed by atoms with E-state index in [1.807, 2.05) is 0 Å². The lowest BCUT2D eigenvalue weighted by atomic mass is 10.2. The van der Waals surface area contributed by atoms with Crippen molar-refractivity contribution in [1.29, 1.82) is 0 Å². The summed E-state index contributed by atoms with van der Waals surface area (Å²) in [5.74, 6) is -2.46. The van der Waals surface area contributed by atoms with Gasteiger partial charge in [0, 0.05) is 12.4 Å². The summed E-state index contributed by atoms with van der Waals surface area (Å²) < 4.78 is -2.30. The van der Waals surface area contributed by atoms with Gasteiger partial charge in [0.15, 0.2) is 0 Å². The molecule has 19 heavy (non-hydrogen) atoms. The Kier molecular flexibility index (Phi) is 4.93. The molecule has 3 N–H and O–H groups in total. The SMILES string of the molecule is O=C(NC(=O)C(Cl)(Cl)Cl)Nc1ccncc1C(=O)O. The highest BCUT2D eigenvalue weighted by molar-refractivity contribution is 6.76. The maximum Gasteiger partial charge on any atom is 0.339 e. The van der Waals surface area contributed by atoms with E-state index in [1.54, 1.807) is 5.32 Å². The highest BCUT2D eigenvalue weighted by atomic mass is 35.6. The van der Waals surface area contributed by atoms with Gasteiger partial charge in [0.05, 0.1) is 5.69 Å². The fraction of sp³-hybridized carbons (Fsp3) is 0.111. The summed E-state index contributed by atoms with van der Waals surface area (Å²) in [5.41, 5.74) is -0.309. The number of alkyl halides is 3. The number of urea groups is 1. The first kappa shape index (κ1) is 15.5. The van der Waals surface area contributed by atoms with Crippen LogP contribution < -0.4 is 10.6 Å². The smallest absolute Gasteiger partial charge is 0.339 e. The summed E-state index contributed by atoms with van der Waals surface area (Å²) in [6.45, 7) is 0. The van der Waals surface area contributed by atoms with E-state index in [1.165, 1.54) is 12.3 Å². The van der Waals surface area contributed by atoms with E-state index in [0.717, 1.165) is 6.20 Å². The first-order valence-electron chi connectivity index (χ1n) is 4.58. The minimum atomic E-state index is -2.30. The van der Waals surface area contributed by atoms with Crippen LogP contribution in [-0.2, 0) is 4.79 Å². The number of rotatable bonds is 2. The predicted molar refractivity (Wildman–Crippen MR) is 68.6 cm³/mol. The molecule has 102 valence electrons. The normalized spacial score (nSPS) is 10.7. The molecule has 0 atom stereocenters. The molecule has 0 bridgehead atoms. The summed E-state index contributed by atoms with van der Waals surface area (Å²) in [6, 6.07) is 0.202. The number of carbonyl (C=O) groups excluding carboxylic acids is 2. The first-order valence-corrected chi connectivity index (χ1v) is 5.71. The molecular formula is C9H6Cl3N3O4. The third-order valence-electron chi connectivity index (χ3n) is 1.78. The number of nitrogens with one attached hydrogen (secondary N) is 2. The second-order valence-electron chi connectivity index (χ2n) is 3.13. The molecule has 0 unspecified atom stereocenters. The van der Waals surface area contributed by atoms with Gasteiger partial charge in [-0.3, -0.25) is 15.1 Å². The highest BCUT2D eigenvalue weighted by Gasteiger charge is 2.32. The number of aromatic nitrogens is 1. The molecule has 3 amide bonds. The number of hydrogen-bond donors (Lipinski definition) is 3. The molecule has 1 heterocycles. The first-order chi connectivity index (χ1) is 8.71. The van der Waals surface area contributed by atoms with Gasteiger partial charge in [-0.15, -0.1) is 0 Å². The van der Waals surface area contributed by atoms with E-state index < -0.39 is 21.7 Å². The molecule has 0 saturated heterocycles. The summed E-state index contributed by atoms with van der Waals surface area (Å²) in [6.07, 6.45) is 2.30. The summed E-state index contributed by atoms with van der Waals surface area (Å²) in [5, 5.41) is 12.7. The Balaban J connectivity index is 2.79. The lowest BCUT2D eigenvalue weighted by Crippen LogP contribution is -2.41. The van der Waals surface area contributed by atoms with Gasteiger partial charge in [0.2, 0.25) is 0 Å². The molecule has 0 radical (unpaired) electrons. The van der Waals surface area contributed by atoms with Crippen LogP contribution >= 0.6 is 34.8 Å². The number of anilines is 1. The van der Waals surface area contributed by atoms with Crippen molar-refractivity contribution in [2.24, 2.45) is 0 Å². The highest BCUT2D eigenvalue weighted by Crippen LogP contribution is 2.25. The van der Waals surface area contributed by atoms with Crippen LogP contribution in [0.4, 0.5) is 10.5 Å². The lowest BCUT2D eigenvalue weighted by molar-refractivity contribution is -0.119. The monoisotopic (exact) mass is 325 g/mol. The van der Waals surface area contributed by atoms with Crippen molar-refractivity contribution in [1.82, 2.24) is 10.3 Å². The van der Waals surface area contributed by atoms with Crippen LogP contribution in [-0.4, -0.2) is 31.8 Å². The Morgan fingerprint density at radius 1 is 1.26 bits per heavy atom. The second-order valence-corrected chi connectivity index (χ2v) is 5.41. The molecule has 1 rings (SSSR count). The second kappa shape index (κ2) is 6.05. The Bertz CT molecular complexity index is 530. The molecule has 0 fully saturated rings. The largest absolute Gasteiger partial charge is 0.478 e. The third-order valence-corrected chi connectivity index (χ3v) is 2.30. The van der Waals surface area contributed by atoms with E-state index in [4.69, 9.17) is 39.9 Å². The van der Waals surface area contributed by atoms with Crippen molar-refractivity contribution < 1.29 is 19.5 Å². The van der Waals surface area contributed by atoms with Crippen molar-refractivity contribution in [2.45, 2.75) is 3.79 Å². The standard InChI is InChI=1S/C9H6Cl3N3O4/c10-9(11,12)7(18)15-8(19)14-5-1-2-13-3-4(5)6(16)17/h1-3H,(H,16,17)(H2,13,14,15,18,19). The van der Waals surface area contributed by atoms with Crippen LogP contribution in [0.5, 0.6) is 0 Å². The fourth-order valence-electron chi connectivity index (χ4n) is 1.00. The molecule has 10 heteroatoms. The fourth-order valence-corrected chi connectivity index (χ4v) is 1.14. The van der Waals surface area contributed by atoms with Crippen LogP contribution in [0.1, 0.15) is 10.4 Å². The van der Waals surface area contributed by atoms with Gasteiger partial charge in [-0.1, -0.05) is 34.8 Å². The number of halogens is 3. The Hall–Kier alpha value is -1.57. The Labute approximate surface area is 121 Å². The molecule has 0 aliphatic carbocycles. The molecule has 7 nitrogen and oxygen atoms in total. The predicted octanol–water partition coefficient (Wildman–Crippen LogP) is 1.80. The van der Waals surface area contributed by atoms with Gasteiger partial charge >= 0.3 is 12.0 Å². The molecule has 0 aliphatic rings. The number of imide groups is 1. The quantitative estimate of drug-likeness (QED) is 0.718. The van der Waals surface area contributed by atoms with Gasteiger partial charge in [-0.25, -0.2) is 9.59 Å². The minimum absolute atomic E-state index is 0.0582. The van der Waals surface area contributed by atoms with Crippen LogP contribution in [0.15, 0.2) is 18.5 Å². The molecule has 0 aliphatic heterocycles. The lowest BCUT2D eigenvalue weighted by Gasteiger charge is -2.12. The number of aromatic carboxylic acids is 1. The summed E-state index contributed by atoms with van der Waals surface area (Å²) >= 11 is 15.7. The molecule has 0 aromatic carbocycles. The van der Waals surface area contributed by atoms with Crippen LogP contribution in [0.25, 0.3) is 0 Å². The topological polar surface area (TPSA) is 108 Å². The van der Waals surface area contributed by atoms with Crippen molar-refractivity contribution >= 4 is 58.4 Å². The molecule has 0 spiro atoms. The van der Waals surface area contributed by atoms with E-state index in [2.05, 4.69) is 10.3 Å². The average Bonchev–Trinajstić information content (AvgIpc) is 2.27. The van der Waals surface area contributed by atoms with Crippen molar-refractivity contribution in [2.75, 3.05) is 5.32 Å². The van der Waals surface area contributed by atoms with Crippen LogP contribution in [0, 0.1) is 0 Å². The number of amides is 3. The Morgan fingerprint density at radius 2 is 1.89 bits per heavy atom. The zero-order valence-electron chi connectivity index (χ0n) is 8.99. The molecular weight excluding hydrogens is 320 g/mol. The van der Waals surface area contributed by atoms with E-state index in [-0.39, 0.29) is 11.3 Å². The van der Waals surface area contributed by atoms with Gasteiger partial charge in [0.25, 0.3) is 9.70 Å². The maximum atomic E-state index is 11.4. The molecule has 0 saturated carbocycles. The number of carboxylic acid groups (broad SMARTS) is 1. The Morgan fingerprint density at radius 3 is 2.42 bits per heavy atom. The van der Waals surface area contributed by atoms with Crippen molar-refractivity contribution in [3.8, 4) is 0 Å². The zero-order valence-corrected chi connectivity index (χ0v) is 11.3. The van der Waals surface area contributed by atoms with Gasteiger partial charge in [-0.05, 0) is 6.07 Å². The van der Waals surface area contributed by atoms with Gasteiger partial charge in [0.1, 0.15) is 5.56 Å². The van der Waals surface area contributed by atoms with Crippen LogP contribution in [0.3, 0.4) is 0 Å². The van der Waals surface area contributed by atoms with E-state index >= 15 is 0 Å². The van der Waals surface area contributed by atoms with Crippen molar-refractivity contribution in [3.05, 3.63) is 24.0 Å². The van der Waals surface area contributed by atoms with Gasteiger partial charge in [-0.2, -0.15) is 0 Å². The summed E-state index contributed by atoms with van der Waals surface area (Å²) in [4.78, 5) is 37.0. The summed E-state index contributed by atoms with van der Waals surface area (Å²) in [7, 11) is 0.